The predicted octanol–water partition coefficient (Wildman–Crippen LogP) is 3.42. The highest BCUT2D eigenvalue weighted by Crippen LogP contribution is 2.34. The van der Waals surface area contributed by atoms with Gasteiger partial charge in [-0.15, -0.1) is 11.3 Å². The van der Waals surface area contributed by atoms with Gasteiger partial charge in [0, 0.05) is 13.0 Å². The topological polar surface area (TPSA) is 57.6 Å². The van der Waals surface area contributed by atoms with Crippen LogP contribution in [0.25, 0.3) is 6.08 Å². The Morgan fingerprint density at radius 1 is 1.55 bits per heavy atom. The molecule has 1 aliphatic rings. The smallest absolute Gasteiger partial charge is 0.303 e. The summed E-state index contributed by atoms with van der Waals surface area (Å²) in [5, 5.41) is 10.6. The van der Waals surface area contributed by atoms with Gasteiger partial charge in [-0.1, -0.05) is 24.0 Å². The molecule has 0 radical (unpaired) electrons. The van der Waals surface area contributed by atoms with Gasteiger partial charge in [-0.25, -0.2) is 0 Å². The number of amides is 1. The molecule has 8 heteroatoms. The molecule has 1 aromatic rings. The van der Waals surface area contributed by atoms with Crippen LogP contribution in [0.4, 0.5) is 0 Å². The molecule has 1 N–H and O–H groups in total. The number of carboxylic acids is 1. The highest BCUT2D eigenvalue weighted by atomic mass is 127. The van der Waals surface area contributed by atoms with Crippen molar-refractivity contribution in [1.29, 1.82) is 0 Å². The fraction of sp³-hybridized carbons (Fsp3) is 0.250. The Bertz CT molecular complexity index is 597. The van der Waals surface area contributed by atoms with Crippen LogP contribution in [-0.4, -0.2) is 32.7 Å². The minimum atomic E-state index is -0.862. The third kappa shape index (κ3) is 3.80. The number of hydrogen-bond acceptors (Lipinski definition) is 5. The third-order valence-corrected chi connectivity index (χ3v) is 6.06. The van der Waals surface area contributed by atoms with E-state index in [1.54, 1.807) is 11.3 Å². The number of carbonyl (C=O) groups is 2. The molecule has 2 rings (SSSR count). The first kappa shape index (κ1) is 15.9. The second-order valence-electron chi connectivity index (χ2n) is 3.98. The lowest BCUT2D eigenvalue weighted by Gasteiger charge is -2.13. The molecular formula is C12H10INO3S3. The normalized spacial score (nSPS) is 17.2. The largest absolute Gasteiger partial charge is 0.481 e. The molecule has 2 heterocycles. The van der Waals surface area contributed by atoms with E-state index in [4.69, 9.17) is 17.3 Å². The summed E-state index contributed by atoms with van der Waals surface area (Å²) in [5.74, 6) is -0.994. The number of thiocarbonyl (C=S) groups is 1. The number of carboxylic acid groups (broad SMARTS) is 1. The quantitative estimate of drug-likeness (QED) is 0.433. The molecule has 0 atom stereocenters. The molecule has 1 aromatic heterocycles. The maximum atomic E-state index is 12.2. The van der Waals surface area contributed by atoms with Crippen LogP contribution in [0.3, 0.4) is 0 Å². The Labute approximate surface area is 143 Å². The zero-order chi connectivity index (χ0) is 14.7. The van der Waals surface area contributed by atoms with Crippen molar-refractivity contribution in [3.8, 4) is 0 Å². The van der Waals surface area contributed by atoms with Crippen LogP contribution in [0, 0.1) is 2.88 Å². The van der Waals surface area contributed by atoms with Gasteiger partial charge < -0.3 is 5.11 Å². The number of halogens is 1. The van der Waals surface area contributed by atoms with Gasteiger partial charge in [0.05, 0.1) is 7.79 Å². The Morgan fingerprint density at radius 2 is 2.30 bits per heavy atom. The van der Waals surface area contributed by atoms with E-state index < -0.39 is 5.97 Å². The van der Waals surface area contributed by atoms with Gasteiger partial charge in [0.1, 0.15) is 4.32 Å². The number of thiophene rings is 1. The van der Waals surface area contributed by atoms with Crippen LogP contribution in [-0.2, 0) is 9.59 Å². The standard InChI is InChI=1S/C12H10INO3S3/c13-10-7(3-5-19-10)6-8-11(17)14(12(18)20-8)4-1-2-9(15)16/h3,5-6H,1-2,4H2,(H,15,16)/b8-6+. The van der Waals surface area contributed by atoms with Crippen LogP contribution in [0.1, 0.15) is 18.4 Å². The molecule has 4 nitrogen and oxygen atoms in total. The van der Waals surface area contributed by atoms with E-state index in [1.807, 2.05) is 17.5 Å². The fourth-order valence-corrected chi connectivity index (χ4v) is 4.30. The minimum absolute atomic E-state index is 0.0402. The van der Waals surface area contributed by atoms with Gasteiger partial charge in [0.2, 0.25) is 0 Å². The van der Waals surface area contributed by atoms with Crippen molar-refractivity contribution in [3.05, 3.63) is 24.8 Å². The van der Waals surface area contributed by atoms with Crippen LogP contribution in [0.2, 0.25) is 0 Å². The van der Waals surface area contributed by atoms with Gasteiger partial charge in [0.25, 0.3) is 5.91 Å². The van der Waals surface area contributed by atoms with E-state index in [0.717, 1.165) is 8.45 Å². The molecule has 1 aliphatic heterocycles. The molecule has 0 bridgehead atoms. The first-order valence-corrected chi connectivity index (χ1v) is 8.87. The Balaban J connectivity index is 2.07. The van der Waals surface area contributed by atoms with Crippen LogP contribution < -0.4 is 0 Å². The highest BCUT2D eigenvalue weighted by Gasteiger charge is 2.31. The lowest BCUT2D eigenvalue weighted by molar-refractivity contribution is -0.137. The average Bonchev–Trinajstić information content (AvgIpc) is 2.88. The van der Waals surface area contributed by atoms with E-state index in [-0.39, 0.29) is 12.3 Å². The van der Waals surface area contributed by atoms with Crippen LogP contribution in [0.5, 0.6) is 0 Å². The first-order chi connectivity index (χ1) is 9.49. The zero-order valence-corrected chi connectivity index (χ0v) is 14.8. The lowest BCUT2D eigenvalue weighted by atomic mass is 10.2. The van der Waals surface area contributed by atoms with Crippen LogP contribution in [0.15, 0.2) is 16.4 Å². The summed E-state index contributed by atoms with van der Waals surface area (Å²) in [6.07, 6.45) is 2.29. The molecule has 0 unspecified atom stereocenters. The number of hydrogen-bond donors (Lipinski definition) is 1. The van der Waals surface area contributed by atoms with E-state index >= 15 is 0 Å². The summed E-state index contributed by atoms with van der Waals surface area (Å²) >= 11 is 10.3. The van der Waals surface area contributed by atoms with E-state index in [9.17, 15) is 9.59 Å². The Kier molecular flexibility index (Phi) is 5.58. The van der Waals surface area contributed by atoms with Gasteiger partial charge in [-0.3, -0.25) is 14.5 Å². The van der Waals surface area contributed by atoms with E-state index in [2.05, 4.69) is 22.6 Å². The van der Waals surface area contributed by atoms with Crippen molar-refractivity contribution in [2.75, 3.05) is 6.54 Å². The molecule has 1 amide bonds. The highest BCUT2D eigenvalue weighted by molar-refractivity contribution is 14.1. The maximum Gasteiger partial charge on any atom is 0.303 e. The monoisotopic (exact) mass is 439 g/mol. The summed E-state index contributed by atoms with van der Waals surface area (Å²) in [6, 6.07) is 1.96. The summed E-state index contributed by atoms with van der Waals surface area (Å²) in [7, 11) is 0. The third-order valence-electron chi connectivity index (χ3n) is 2.58. The fourth-order valence-electron chi connectivity index (χ4n) is 1.63. The number of thioether (sulfide) groups is 1. The van der Waals surface area contributed by atoms with Crippen molar-refractivity contribution < 1.29 is 14.7 Å². The predicted molar refractivity (Wildman–Crippen MR) is 93.8 cm³/mol. The van der Waals surface area contributed by atoms with Crippen molar-refractivity contribution in [3.63, 3.8) is 0 Å². The van der Waals surface area contributed by atoms with Crippen molar-refractivity contribution in [2.45, 2.75) is 12.8 Å². The van der Waals surface area contributed by atoms with Gasteiger partial charge in [-0.05, 0) is 52.1 Å². The van der Waals surface area contributed by atoms with Gasteiger partial charge in [0.15, 0.2) is 0 Å². The summed E-state index contributed by atoms with van der Waals surface area (Å²) in [6.45, 7) is 0.356. The second-order valence-corrected chi connectivity index (χ2v) is 8.38. The van der Waals surface area contributed by atoms with Gasteiger partial charge in [-0.2, -0.15) is 0 Å². The summed E-state index contributed by atoms with van der Waals surface area (Å²) < 4.78 is 1.62. The number of carbonyl (C=O) groups excluding carboxylic acids is 1. The summed E-state index contributed by atoms with van der Waals surface area (Å²) in [5.41, 5.74) is 1.02. The SMILES string of the molecule is O=C(O)CCCN1C(=O)/C(=C\c2ccsc2I)SC1=S. The van der Waals surface area contributed by atoms with Crippen LogP contribution >= 0.6 is 57.9 Å². The van der Waals surface area contributed by atoms with Crippen molar-refractivity contribution in [2.24, 2.45) is 0 Å². The average molecular weight is 439 g/mol. The minimum Gasteiger partial charge on any atom is -0.481 e. The van der Waals surface area contributed by atoms with E-state index in [1.165, 1.54) is 16.7 Å². The van der Waals surface area contributed by atoms with Gasteiger partial charge >= 0.3 is 5.97 Å². The number of rotatable bonds is 5. The molecule has 0 aromatic carbocycles. The number of aliphatic carboxylic acids is 1. The molecule has 0 saturated carbocycles. The molecule has 1 saturated heterocycles. The molecule has 0 spiro atoms. The molecular weight excluding hydrogens is 429 g/mol. The Hall–Kier alpha value is -0.450. The molecule has 1 fully saturated rings. The molecule has 20 heavy (non-hydrogen) atoms. The van der Waals surface area contributed by atoms with Crippen molar-refractivity contribution in [1.82, 2.24) is 4.90 Å². The zero-order valence-electron chi connectivity index (χ0n) is 10.2. The maximum absolute atomic E-state index is 12.2. The van der Waals surface area contributed by atoms with E-state index in [0.29, 0.717) is 22.2 Å². The lowest BCUT2D eigenvalue weighted by Crippen LogP contribution is -2.29. The van der Waals surface area contributed by atoms with Crippen molar-refractivity contribution >= 4 is 80.2 Å². The number of nitrogens with zero attached hydrogens (tertiary/aromatic N) is 1. The first-order valence-electron chi connectivity index (χ1n) is 5.69. The Morgan fingerprint density at radius 3 is 2.90 bits per heavy atom. The summed E-state index contributed by atoms with van der Waals surface area (Å²) in [4.78, 5) is 24.8. The molecule has 106 valence electrons. The second kappa shape index (κ2) is 7.01. The molecule has 0 aliphatic carbocycles.